The Morgan fingerprint density at radius 3 is 2.33 bits per heavy atom. The predicted molar refractivity (Wildman–Crippen MR) is 275 cm³/mol. The summed E-state index contributed by atoms with van der Waals surface area (Å²) in [5.41, 5.74) is 19.4. The molecule has 5 unspecified atom stereocenters. The molecule has 0 saturated carbocycles. The van der Waals surface area contributed by atoms with Gasteiger partial charge in [-0.25, -0.2) is 0 Å². The summed E-state index contributed by atoms with van der Waals surface area (Å²) in [6.45, 7) is 17.1. The molecule has 0 aromatic heterocycles. The van der Waals surface area contributed by atoms with E-state index in [1.54, 1.807) is 5.57 Å². The molecule has 0 radical (unpaired) electrons. The number of benzene rings is 6. The molecular formula is C64H60. The highest BCUT2D eigenvalue weighted by Gasteiger charge is 2.41. The van der Waals surface area contributed by atoms with E-state index in [0.717, 1.165) is 25.7 Å². The second kappa shape index (κ2) is 19.3. The molecule has 0 nitrogen and oxygen atoms in total. The third-order valence-electron chi connectivity index (χ3n) is 14.1. The summed E-state index contributed by atoms with van der Waals surface area (Å²) in [4.78, 5) is 0. The highest BCUT2D eigenvalue weighted by atomic mass is 14.4. The van der Waals surface area contributed by atoms with Crippen LogP contribution in [0.25, 0.3) is 28.0 Å². The molecule has 0 spiro atoms. The van der Waals surface area contributed by atoms with Crippen molar-refractivity contribution in [2.75, 3.05) is 0 Å². The van der Waals surface area contributed by atoms with Crippen LogP contribution in [0, 0.1) is 24.7 Å². The van der Waals surface area contributed by atoms with Gasteiger partial charge in [0.25, 0.3) is 0 Å². The number of hydrogen-bond donors (Lipinski definition) is 0. The minimum absolute atomic E-state index is 0.348. The van der Waals surface area contributed by atoms with Gasteiger partial charge in [0.05, 0.1) is 0 Å². The van der Waals surface area contributed by atoms with Crippen molar-refractivity contribution in [1.82, 2.24) is 0 Å². The topological polar surface area (TPSA) is 0 Å². The molecule has 4 aliphatic carbocycles. The zero-order chi connectivity index (χ0) is 44.0. The number of aryl methyl sites for hydroxylation is 1. The van der Waals surface area contributed by atoms with Gasteiger partial charge in [-0.3, -0.25) is 0 Å². The van der Waals surface area contributed by atoms with E-state index < -0.39 is 0 Å². The minimum Gasteiger partial charge on any atom is -0.102 e. The standard InChI is InChI=1S/C33H26.C31H34/c1-3-11-30-26(7-1)9-5-13-32(30)28-19-15-24(16-20-28)23-25-17-21-29(22-18-25)33-14-6-10-27-8-2-4-12-31(27)33;1-6-9-13-24(8-3)31(25-15-10-12-21(4)19-25)26-17-18-27-28-16-11-14-23(7-2)30(28)22(5)29(27)20-26/h1-13,15-22,33H,14,23H2;6-16,19,23,26,30-31H,2-3,5,17-18,20H2,1,4H3/b;9-6+,24-13+. The molecule has 4 aliphatic rings. The summed E-state index contributed by atoms with van der Waals surface area (Å²) >= 11 is 0. The van der Waals surface area contributed by atoms with Crippen molar-refractivity contribution in [3.8, 4) is 11.1 Å². The maximum Gasteiger partial charge on any atom is 0.0187 e. The Balaban J connectivity index is 0.000000162. The summed E-state index contributed by atoms with van der Waals surface area (Å²) < 4.78 is 0. The van der Waals surface area contributed by atoms with Crippen LogP contribution in [0.2, 0.25) is 0 Å². The summed E-state index contributed by atoms with van der Waals surface area (Å²) in [7, 11) is 0. The Bertz CT molecular complexity index is 2870. The molecular weight excluding hydrogens is 769 g/mol. The Kier molecular flexibility index (Phi) is 12.8. The van der Waals surface area contributed by atoms with Crippen LogP contribution in [0.1, 0.15) is 83.4 Å². The lowest BCUT2D eigenvalue weighted by molar-refractivity contribution is 0.414. The second-order valence-corrected chi connectivity index (χ2v) is 18.0. The van der Waals surface area contributed by atoms with E-state index in [-0.39, 0.29) is 0 Å². The molecule has 5 atom stereocenters. The van der Waals surface area contributed by atoms with Gasteiger partial charge in [-0.05, 0) is 135 Å². The van der Waals surface area contributed by atoms with E-state index in [2.05, 4.69) is 234 Å². The van der Waals surface area contributed by atoms with Crippen molar-refractivity contribution in [3.05, 3.63) is 281 Å². The van der Waals surface area contributed by atoms with Gasteiger partial charge in [0.2, 0.25) is 0 Å². The van der Waals surface area contributed by atoms with Crippen molar-refractivity contribution >= 4 is 16.8 Å². The van der Waals surface area contributed by atoms with Crippen LogP contribution in [0.3, 0.4) is 0 Å². The van der Waals surface area contributed by atoms with Gasteiger partial charge in [-0.1, -0.05) is 219 Å². The average Bonchev–Trinajstić information content (AvgIpc) is 3.63. The van der Waals surface area contributed by atoms with E-state index in [4.69, 9.17) is 0 Å². The Hall–Kier alpha value is -6.76. The van der Waals surface area contributed by atoms with Crippen LogP contribution in [0.5, 0.6) is 0 Å². The van der Waals surface area contributed by atoms with Gasteiger partial charge < -0.3 is 0 Å². The first kappa shape index (κ1) is 42.5. The van der Waals surface area contributed by atoms with Crippen molar-refractivity contribution in [2.45, 2.75) is 57.8 Å². The number of hydrogen-bond acceptors (Lipinski definition) is 0. The molecule has 6 aromatic rings. The maximum absolute atomic E-state index is 4.59. The second-order valence-electron chi connectivity index (χ2n) is 18.0. The molecule has 0 saturated heterocycles. The van der Waals surface area contributed by atoms with Gasteiger partial charge in [-0.2, -0.15) is 0 Å². The first-order valence-corrected chi connectivity index (χ1v) is 23.3. The first-order chi connectivity index (χ1) is 31.4. The minimum atomic E-state index is 0.348. The van der Waals surface area contributed by atoms with Crippen LogP contribution in [-0.4, -0.2) is 0 Å². The van der Waals surface area contributed by atoms with Crippen LogP contribution in [0.4, 0.5) is 0 Å². The van der Waals surface area contributed by atoms with Crippen LogP contribution >= 0.6 is 0 Å². The quantitative estimate of drug-likeness (QED) is 0.0953. The van der Waals surface area contributed by atoms with E-state index >= 15 is 0 Å². The van der Waals surface area contributed by atoms with Crippen molar-refractivity contribution in [2.24, 2.45) is 17.8 Å². The normalized spacial score (nSPS) is 20.5. The lowest BCUT2D eigenvalue weighted by atomic mass is 9.71. The fourth-order valence-electron chi connectivity index (χ4n) is 11.0. The lowest BCUT2D eigenvalue weighted by Crippen LogP contribution is -2.19. The molecule has 0 fully saturated rings. The summed E-state index contributed by atoms with van der Waals surface area (Å²) in [5.74, 6) is 2.10. The van der Waals surface area contributed by atoms with Crippen LogP contribution in [-0.2, 0) is 6.42 Å². The monoisotopic (exact) mass is 828 g/mol. The third kappa shape index (κ3) is 8.76. The third-order valence-corrected chi connectivity index (χ3v) is 14.1. The summed E-state index contributed by atoms with van der Waals surface area (Å²) in [6, 6.07) is 51.2. The highest BCUT2D eigenvalue weighted by molar-refractivity contribution is 5.96. The van der Waals surface area contributed by atoms with E-state index in [9.17, 15) is 0 Å². The summed E-state index contributed by atoms with van der Waals surface area (Å²) in [6.07, 6.45) is 27.4. The number of rotatable bonds is 10. The van der Waals surface area contributed by atoms with E-state index in [1.807, 2.05) is 0 Å². The van der Waals surface area contributed by atoms with Gasteiger partial charge in [0.15, 0.2) is 0 Å². The molecule has 0 aliphatic heterocycles. The fraction of sp³-hybridized carbons (Fsp3) is 0.188. The largest absolute Gasteiger partial charge is 0.102 e. The van der Waals surface area contributed by atoms with Gasteiger partial charge in [0, 0.05) is 23.7 Å². The zero-order valence-electron chi connectivity index (χ0n) is 37.6. The van der Waals surface area contributed by atoms with Crippen molar-refractivity contribution in [3.63, 3.8) is 0 Å². The smallest absolute Gasteiger partial charge is 0.0187 e. The van der Waals surface area contributed by atoms with E-state index in [0.29, 0.717) is 29.6 Å². The Labute approximate surface area is 382 Å². The zero-order valence-corrected chi connectivity index (χ0v) is 37.6. The highest BCUT2D eigenvalue weighted by Crippen LogP contribution is 2.55. The molecule has 64 heavy (non-hydrogen) atoms. The van der Waals surface area contributed by atoms with Crippen LogP contribution < -0.4 is 0 Å². The molecule has 0 heteroatoms. The first-order valence-electron chi connectivity index (χ1n) is 23.3. The predicted octanol–water partition coefficient (Wildman–Crippen LogP) is 17.0. The SMILES string of the molecule is C1=Cc2ccccc2C(c2ccc(Cc3ccc(-c4cccc5ccccc45)cc3)cc2)C1.C=C/C(=C\C=C\C)C(c1cccc(C)c1)C1CCC2=C(C1)C(=C)C1C2=CC=CC1C=C. The van der Waals surface area contributed by atoms with Crippen LogP contribution in [0.15, 0.2) is 242 Å². The average molecular weight is 829 g/mol. The number of fused-ring (bicyclic) bond motifs is 4. The van der Waals surface area contributed by atoms with Gasteiger partial charge >= 0.3 is 0 Å². The van der Waals surface area contributed by atoms with E-state index in [1.165, 1.54) is 89.6 Å². The molecule has 316 valence electrons. The molecule has 0 amide bonds. The fourth-order valence-corrected chi connectivity index (χ4v) is 11.0. The maximum atomic E-state index is 4.59. The molecule has 0 N–H and O–H groups in total. The summed E-state index contributed by atoms with van der Waals surface area (Å²) in [5, 5.41) is 2.60. The molecule has 6 aromatic carbocycles. The molecule has 10 rings (SSSR count). The molecule has 0 bridgehead atoms. The van der Waals surface area contributed by atoms with Gasteiger partial charge in [0.1, 0.15) is 0 Å². The Morgan fingerprint density at radius 2 is 1.55 bits per heavy atom. The lowest BCUT2D eigenvalue weighted by Gasteiger charge is -2.33. The van der Waals surface area contributed by atoms with Crippen molar-refractivity contribution < 1.29 is 0 Å². The van der Waals surface area contributed by atoms with Crippen molar-refractivity contribution in [1.29, 1.82) is 0 Å². The Morgan fingerprint density at radius 1 is 0.797 bits per heavy atom. The number of allylic oxidation sites excluding steroid dienone is 14. The molecule has 0 heterocycles. The van der Waals surface area contributed by atoms with Gasteiger partial charge in [-0.15, -0.1) is 6.58 Å².